The van der Waals surface area contributed by atoms with Crippen molar-refractivity contribution in [2.24, 2.45) is 17.8 Å². The molecule has 1 aliphatic carbocycles. The van der Waals surface area contributed by atoms with Gasteiger partial charge in [-0.05, 0) is 42.7 Å². The Morgan fingerprint density at radius 3 is 2.72 bits per heavy atom. The second kappa shape index (κ2) is 9.65. The molecule has 1 saturated carbocycles. The number of thioether (sulfide) groups is 1. The fraction of sp³-hybridized carbons (Fsp3) is 0.591. The van der Waals surface area contributed by atoms with Gasteiger partial charge in [-0.1, -0.05) is 39.3 Å². The number of rotatable bonds is 6. The molecule has 7 heteroatoms. The molecule has 4 atom stereocenters. The molecule has 1 aromatic carbocycles. The summed E-state index contributed by atoms with van der Waals surface area (Å²) in [6.07, 6.45) is 2.83. The van der Waals surface area contributed by atoms with E-state index in [9.17, 15) is 14.4 Å². The zero-order valence-corrected chi connectivity index (χ0v) is 18.0. The highest BCUT2D eigenvalue weighted by molar-refractivity contribution is 8.01. The van der Waals surface area contributed by atoms with Crippen molar-refractivity contribution in [1.82, 2.24) is 0 Å². The Bertz CT molecular complexity index is 765. The van der Waals surface area contributed by atoms with E-state index in [-0.39, 0.29) is 18.4 Å². The minimum atomic E-state index is -0.577. The molecular formula is C22H29NO5S. The van der Waals surface area contributed by atoms with Crippen molar-refractivity contribution in [1.29, 1.82) is 0 Å². The first-order valence-corrected chi connectivity index (χ1v) is 11.1. The maximum Gasteiger partial charge on any atom is 0.344 e. The van der Waals surface area contributed by atoms with Crippen LogP contribution in [0.2, 0.25) is 0 Å². The maximum atomic E-state index is 12.2. The normalized spacial score (nSPS) is 26.4. The van der Waals surface area contributed by atoms with Crippen LogP contribution in [0.15, 0.2) is 29.2 Å². The molecule has 1 N–H and O–H groups in total. The van der Waals surface area contributed by atoms with Gasteiger partial charge in [0.1, 0.15) is 6.10 Å². The summed E-state index contributed by atoms with van der Waals surface area (Å²) in [6.45, 7) is 6.05. The van der Waals surface area contributed by atoms with Gasteiger partial charge in [0.25, 0.3) is 0 Å². The Balaban J connectivity index is 1.46. The number of carbonyl (C=O) groups excluding carboxylic acids is 3. The molecular weight excluding hydrogens is 390 g/mol. The third-order valence-electron chi connectivity index (χ3n) is 5.65. The van der Waals surface area contributed by atoms with Crippen molar-refractivity contribution in [3.8, 4) is 0 Å². The van der Waals surface area contributed by atoms with Crippen LogP contribution in [-0.2, 0) is 23.9 Å². The lowest BCUT2D eigenvalue weighted by molar-refractivity contribution is -0.167. The Labute approximate surface area is 176 Å². The molecule has 0 bridgehead atoms. The van der Waals surface area contributed by atoms with Crippen molar-refractivity contribution >= 4 is 35.3 Å². The zero-order chi connectivity index (χ0) is 21.0. The summed E-state index contributed by atoms with van der Waals surface area (Å²) in [5.74, 6) is -0.0271. The summed E-state index contributed by atoms with van der Waals surface area (Å²) in [6, 6.07) is 7.44. The van der Waals surface area contributed by atoms with Gasteiger partial charge in [-0.3, -0.25) is 9.59 Å². The van der Waals surface area contributed by atoms with Gasteiger partial charge in [-0.25, -0.2) is 4.79 Å². The Morgan fingerprint density at radius 2 is 1.97 bits per heavy atom. The van der Waals surface area contributed by atoms with E-state index in [2.05, 4.69) is 26.1 Å². The van der Waals surface area contributed by atoms with Crippen molar-refractivity contribution < 1.29 is 23.9 Å². The SMILES string of the molecule is CC(C)[C@@H]1CC[C@H](C)C[C@@H]1OC(=O)COC(=O)C[C@@H]1Sc2ccccc2NC1=O. The molecule has 1 aromatic rings. The standard InChI is InChI=1S/C22H29NO5S/c1-13(2)15-9-8-14(3)10-17(15)28-21(25)12-27-20(24)11-19-22(26)23-16-6-4-5-7-18(16)29-19/h4-7,13-15,17,19H,8-12H2,1-3H3,(H,23,26)/t14-,15-,17-,19-/m0/s1. The van der Waals surface area contributed by atoms with Crippen molar-refractivity contribution in [2.45, 2.75) is 62.7 Å². The quantitative estimate of drug-likeness (QED) is 0.701. The van der Waals surface area contributed by atoms with E-state index in [0.717, 1.165) is 29.8 Å². The van der Waals surface area contributed by atoms with Crippen LogP contribution in [0.5, 0.6) is 0 Å². The summed E-state index contributed by atoms with van der Waals surface area (Å²) < 4.78 is 10.7. The maximum absolute atomic E-state index is 12.2. The van der Waals surface area contributed by atoms with Gasteiger partial charge in [0, 0.05) is 4.90 Å². The monoisotopic (exact) mass is 419 g/mol. The van der Waals surface area contributed by atoms with Crippen LogP contribution in [0.1, 0.15) is 46.5 Å². The number of amides is 1. The third-order valence-corrected chi connectivity index (χ3v) is 6.93. The molecule has 2 aliphatic rings. The summed E-state index contributed by atoms with van der Waals surface area (Å²) in [7, 11) is 0. The number of ether oxygens (including phenoxy) is 2. The van der Waals surface area contributed by atoms with E-state index in [0.29, 0.717) is 17.8 Å². The van der Waals surface area contributed by atoms with Crippen LogP contribution in [-0.4, -0.2) is 35.8 Å². The molecule has 1 heterocycles. The van der Waals surface area contributed by atoms with Crippen molar-refractivity contribution in [3.63, 3.8) is 0 Å². The van der Waals surface area contributed by atoms with Gasteiger partial charge < -0.3 is 14.8 Å². The zero-order valence-electron chi connectivity index (χ0n) is 17.2. The van der Waals surface area contributed by atoms with Gasteiger partial charge in [0.15, 0.2) is 6.61 Å². The van der Waals surface area contributed by atoms with E-state index < -0.39 is 23.8 Å². The molecule has 0 spiro atoms. The number of nitrogens with one attached hydrogen (secondary N) is 1. The van der Waals surface area contributed by atoms with Crippen LogP contribution >= 0.6 is 11.8 Å². The van der Waals surface area contributed by atoms with Crippen molar-refractivity contribution in [3.05, 3.63) is 24.3 Å². The molecule has 0 radical (unpaired) electrons. The molecule has 0 unspecified atom stereocenters. The van der Waals surface area contributed by atoms with E-state index in [1.54, 1.807) is 0 Å². The number of carbonyl (C=O) groups is 3. The number of benzene rings is 1. The number of hydrogen-bond donors (Lipinski definition) is 1. The van der Waals surface area contributed by atoms with Gasteiger partial charge >= 0.3 is 11.9 Å². The minimum Gasteiger partial charge on any atom is -0.460 e. The highest BCUT2D eigenvalue weighted by atomic mass is 32.2. The largest absolute Gasteiger partial charge is 0.460 e. The predicted octanol–water partition coefficient (Wildman–Crippen LogP) is 4.04. The molecule has 158 valence electrons. The van der Waals surface area contributed by atoms with Crippen LogP contribution in [0.4, 0.5) is 5.69 Å². The van der Waals surface area contributed by atoms with E-state index in [1.807, 2.05) is 24.3 Å². The molecule has 29 heavy (non-hydrogen) atoms. The summed E-state index contributed by atoms with van der Waals surface area (Å²) >= 11 is 1.33. The van der Waals surface area contributed by atoms with Crippen LogP contribution in [0, 0.1) is 17.8 Å². The molecule has 3 rings (SSSR count). The summed E-state index contributed by atoms with van der Waals surface area (Å²) in [5.41, 5.74) is 0.747. The fourth-order valence-corrected chi connectivity index (χ4v) is 5.12. The van der Waals surface area contributed by atoms with Crippen LogP contribution < -0.4 is 5.32 Å². The first-order chi connectivity index (χ1) is 13.8. The lowest BCUT2D eigenvalue weighted by atomic mass is 9.75. The van der Waals surface area contributed by atoms with Gasteiger partial charge in [-0.2, -0.15) is 0 Å². The second-order valence-corrected chi connectivity index (χ2v) is 9.56. The van der Waals surface area contributed by atoms with E-state index >= 15 is 0 Å². The minimum absolute atomic E-state index is 0.0901. The first-order valence-electron chi connectivity index (χ1n) is 10.2. The van der Waals surface area contributed by atoms with Crippen LogP contribution in [0.25, 0.3) is 0 Å². The first kappa shape index (κ1) is 21.7. The molecule has 6 nitrogen and oxygen atoms in total. The number of para-hydroxylation sites is 1. The number of fused-ring (bicyclic) bond motifs is 1. The van der Waals surface area contributed by atoms with Crippen molar-refractivity contribution in [2.75, 3.05) is 11.9 Å². The Kier molecular flexibility index (Phi) is 7.22. The fourth-order valence-electron chi connectivity index (χ4n) is 4.03. The molecule has 1 amide bonds. The third kappa shape index (κ3) is 5.75. The number of anilines is 1. The molecule has 0 saturated heterocycles. The second-order valence-electron chi connectivity index (χ2n) is 8.31. The Morgan fingerprint density at radius 1 is 1.21 bits per heavy atom. The predicted molar refractivity (Wildman–Crippen MR) is 112 cm³/mol. The van der Waals surface area contributed by atoms with Crippen LogP contribution in [0.3, 0.4) is 0 Å². The number of esters is 2. The van der Waals surface area contributed by atoms with E-state index in [1.165, 1.54) is 11.8 Å². The molecule has 1 fully saturated rings. The number of hydrogen-bond acceptors (Lipinski definition) is 6. The highest BCUT2D eigenvalue weighted by Gasteiger charge is 2.34. The lowest BCUT2D eigenvalue weighted by Crippen LogP contribution is -2.37. The lowest BCUT2D eigenvalue weighted by Gasteiger charge is -2.36. The summed E-state index contributed by atoms with van der Waals surface area (Å²) in [4.78, 5) is 37.5. The average Bonchev–Trinajstić information content (AvgIpc) is 2.67. The van der Waals surface area contributed by atoms with Gasteiger partial charge in [-0.15, -0.1) is 11.8 Å². The highest BCUT2D eigenvalue weighted by Crippen LogP contribution is 2.37. The van der Waals surface area contributed by atoms with Gasteiger partial charge in [0.05, 0.1) is 17.4 Å². The summed E-state index contributed by atoms with van der Waals surface area (Å²) in [5, 5.41) is 2.22. The van der Waals surface area contributed by atoms with E-state index in [4.69, 9.17) is 9.47 Å². The average molecular weight is 420 g/mol. The Hall–Kier alpha value is -2.02. The topological polar surface area (TPSA) is 81.7 Å². The molecule has 1 aliphatic heterocycles. The smallest absolute Gasteiger partial charge is 0.344 e. The molecule has 0 aromatic heterocycles. The van der Waals surface area contributed by atoms with Gasteiger partial charge in [0.2, 0.25) is 5.91 Å².